The van der Waals surface area contributed by atoms with Crippen molar-refractivity contribution < 1.29 is 22.8 Å². The molecule has 4 N–H and O–H groups in total. The number of nitrogens with zero attached hydrogens (tertiary/aromatic N) is 2. The SMILES string of the molecule is CN1CC(C(=O)Nc2ccc(C(F)(F)F)cn2)C(c2ccc(C=CC(=O)Nc3ccccc3N)cc2)C1. The van der Waals surface area contributed by atoms with Crippen LogP contribution in [0.3, 0.4) is 0 Å². The highest BCUT2D eigenvalue weighted by Gasteiger charge is 2.37. The molecule has 7 nitrogen and oxygen atoms in total. The standard InChI is InChI=1S/C27H26F3N5O2/c1-35-15-20(21(16-35)26(37)34-24-12-11-19(14-32-24)27(28,29)30)18-9-6-17(7-10-18)8-13-25(36)33-23-5-3-2-4-22(23)31/h2-14,20-21H,15-16,31H2,1H3,(H,33,36)(H,32,34,37). The Morgan fingerprint density at radius 2 is 1.76 bits per heavy atom. The van der Waals surface area contributed by atoms with E-state index in [2.05, 4.69) is 15.6 Å². The van der Waals surface area contributed by atoms with Crippen LogP contribution in [0, 0.1) is 5.92 Å². The Morgan fingerprint density at radius 3 is 2.41 bits per heavy atom. The van der Waals surface area contributed by atoms with E-state index in [1.165, 1.54) is 6.08 Å². The summed E-state index contributed by atoms with van der Waals surface area (Å²) in [6.07, 6.45) is -0.692. The fraction of sp³-hybridized carbons (Fsp3) is 0.222. The zero-order chi connectivity index (χ0) is 26.6. The molecule has 0 saturated carbocycles. The zero-order valence-corrected chi connectivity index (χ0v) is 20.0. The van der Waals surface area contributed by atoms with Gasteiger partial charge in [0, 0.05) is 31.3 Å². The number of nitrogens with one attached hydrogen (secondary N) is 2. The normalized spacial score (nSPS) is 18.2. The van der Waals surface area contributed by atoms with E-state index in [1.54, 1.807) is 30.3 Å². The number of alkyl halides is 3. The van der Waals surface area contributed by atoms with Gasteiger partial charge >= 0.3 is 6.18 Å². The number of hydrogen-bond acceptors (Lipinski definition) is 5. The maximum Gasteiger partial charge on any atom is 0.417 e. The number of nitrogen functional groups attached to an aromatic ring is 1. The van der Waals surface area contributed by atoms with Gasteiger partial charge in [0.15, 0.2) is 0 Å². The van der Waals surface area contributed by atoms with Gasteiger partial charge in [-0.3, -0.25) is 9.59 Å². The Kier molecular flexibility index (Phi) is 7.58. The van der Waals surface area contributed by atoms with Crippen LogP contribution >= 0.6 is 0 Å². The molecule has 1 aliphatic rings. The van der Waals surface area contributed by atoms with E-state index in [0.29, 0.717) is 30.7 Å². The molecule has 2 unspecified atom stereocenters. The first-order valence-corrected chi connectivity index (χ1v) is 11.6. The van der Waals surface area contributed by atoms with Gasteiger partial charge in [-0.15, -0.1) is 0 Å². The number of carbonyl (C=O) groups is 2. The molecule has 1 aromatic heterocycles. The van der Waals surface area contributed by atoms with Crippen molar-refractivity contribution in [3.05, 3.63) is 89.6 Å². The van der Waals surface area contributed by atoms with Crippen molar-refractivity contribution >= 4 is 35.1 Å². The monoisotopic (exact) mass is 509 g/mol. The lowest BCUT2D eigenvalue weighted by Gasteiger charge is -2.18. The Hall–Kier alpha value is -4.18. The van der Waals surface area contributed by atoms with Crippen LogP contribution in [0.5, 0.6) is 0 Å². The van der Waals surface area contributed by atoms with Gasteiger partial charge in [0.2, 0.25) is 11.8 Å². The Balaban J connectivity index is 1.40. The maximum atomic E-state index is 13.0. The van der Waals surface area contributed by atoms with E-state index in [9.17, 15) is 22.8 Å². The first-order valence-electron chi connectivity index (χ1n) is 11.6. The molecule has 2 heterocycles. The highest BCUT2D eigenvalue weighted by Crippen LogP contribution is 2.33. The van der Waals surface area contributed by atoms with Crippen LogP contribution in [0.2, 0.25) is 0 Å². The second kappa shape index (κ2) is 10.8. The summed E-state index contributed by atoms with van der Waals surface area (Å²) >= 11 is 0. The first kappa shape index (κ1) is 25.9. The number of halogens is 3. The van der Waals surface area contributed by atoms with Crippen LogP contribution in [0.25, 0.3) is 6.08 Å². The van der Waals surface area contributed by atoms with Gasteiger partial charge in [0.05, 0.1) is 22.9 Å². The Morgan fingerprint density at radius 1 is 1.03 bits per heavy atom. The topological polar surface area (TPSA) is 100 Å². The first-order chi connectivity index (χ1) is 17.6. The summed E-state index contributed by atoms with van der Waals surface area (Å²) < 4.78 is 38.3. The van der Waals surface area contributed by atoms with E-state index in [1.807, 2.05) is 36.2 Å². The zero-order valence-electron chi connectivity index (χ0n) is 20.0. The van der Waals surface area contributed by atoms with Gasteiger partial charge in [-0.1, -0.05) is 36.4 Å². The summed E-state index contributed by atoms with van der Waals surface area (Å²) in [6, 6.07) is 16.6. The van der Waals surface area contributed by atoms with Crippen molar-refractivity contribution in [2.45, 2.75) is 12.1 Å². The molecular weight excluding hydrogens is 483 g/mol. The van der Waals surface area contributed by atoms with E-state index < -0.39 is 17.7 Å². The van der Waals surface area contributed by atoms with Gasteiger partial charge in [0.25, 0.3) is 0 Å². The van der Waals surface area contributed by atoms with Crippen molar-refractivity contribution in [2.75, 3.05) is 36.5 Å². The molecular formula is C27H26F3N5O2. The quantitative estimate of drug-likeness (QED) is 0.333. The van der Waals surface area contributed by atoms with Gasteiger partial charge < -0.3 is 21.3 Å². The van der Waals surface area contributed by atoms with Gasteiger partial charge in [-0.25, -0.2) is 4.98 Å². The molecule has 0 bridgehead atoms. The van der Waals surface area contributed by atoms with E-state index >= 15 is 0 Å². The molecule has 10 heteroatoms. The molecule has 4 rings (SSSR count). The summed E-state index contributed by atoms with van der Waals surface area (Å²) in [5, 5.41) is 5.37. The number of anilines is 3. The van der Waals surface area contributed by atoms with Gasteiger partial charge in [-0.05, 0) is 48.5 Å². The minimum atomic E-state index is -4.49. The highest BCUT2D eigenvalue weighted by molar-refractivity contribution is 6.03. The van der Waals surface area contributed by atoms with Crippen LogP contribution < -0.4 is 16.4 Å². The second-order valence-electron chi connectivity index (χ2n) is 8.93. The lowest BCUT2D eigenvalue weighted by Crippen LogP contribution is -2.28. The molecule has 0 aliphatic carbocycles. The molecule has 37 heavy (non-hydrogen) atoms. The fourth-order valence-electron chi connectivity index (χ4n) is 4.27. The Bertz CT molecular complexity index is 1290. The number of para-hydroxylation sites is 2. The molecule has 1 fully saturated rings. The third-order valence-corrected chi connectivity index (χ3v) is 6.19. The third-order valence-electron chi connectivity index (χ3n) is 6.19. The minimum Gasteiger partial charge on any atom is -0.397 e. The molecule has 1 saturated heterocycles. The minimum absolute atomic E-state index is 0.0716. The maximum absolute atomic E-state index is 13.0. The van der Waals surface area contributed by atoms with E-state index in [4.69, 9.17) is 5.73 Å². The van der Waals surface area contributed by atoms with Crippen molar-refractivity contribution in [3.8, 4) is 0 Å². The number of likely N-dealkylation sites (N-methyl/N-ethyl adjacent to an activating group) is 1. The number of rotatable bonds is 6. The van der Waals surface area contributed by atoms with Crippen LogP contribution in [-0.2, 0) is 15.8 Å². The number of likely N-dealkylation sites (tertiary alicyclic amines) is 1. The number of aromatic nitrogens is 1. The predicted molar refractivity (Wildman–Crippen MR) is 137 cm³/mol. The number of amides is 2. The number of nitrogens with two attached hydrogens (primary N) is 1. The lowest BCUT2D eigenvalue weighted by molar-refractivity contribution is -0.137. The van der Waals surface area contributed by atoms with Gasteiger partial charge in [-0.2, -0.15) is 13.2 Å². The number of benzene rings is 2. The molecule has 0 radical (unpaired) electrons. The van der Waals surface area contributed by atoms with Crippen molar-refractivity contribution in [1.82, 2.24) is 9.88 Å². The van der Waals surface area contributed by atoms with E-state index in [0.717, 1.165) is 23.3 Å². The summed E-state index contributed by atoms with van der Waals surface area (Å²) in [5.74, 6) is -1.06. The molecule has 192 valence electrons. The molecule has 2 aromatic carbocycles. The number of carbonyl (C=O) groups excluding carboxylic acids is 2. The number of hydrogen-bond donors (Lipinski definition) is 3. The average Bonchev–Trinajstić information content (AvgIpc) is 3.26. The second-order valence-corrected chi connectivity index (χ2v) is 8.93. The fourth-order valence-corrected chi connectivity index (χ4v) is 4.27. The summed E-state index contributed by atoms with van der Waals surface area (Å²) in [7, 11) is 1.91. The number of pyridine rings is 1. The van der Waals surface area contributed by atoms with Crippen LogP contribution in [0.4, 0.5) is 30.4 Å². The lowest BCUT2D eigenvalue weighted by atomic mass is 9.88. The smallest absolute Gasteiger partial charge is 0.397 e. The molecule has 1 aliphatic heterocycles. The van der Waals surface area contributed by atoms with Crippen molar-refractivity contribution in [3.63, 3.8) is 0 Å². The van der Waals surface area contributed by atoms with Crippen molar-refractivity contribution in [1.29, 1.82) is 0 Å². The molecule has 0 spiro atoms. The average molecular weight is 510 g/mol. The summed E-state index contributed by atoms with van der Waals surface area (Å²) in [6.45, 7) is 1.15. The molecule has 2 amide bonds. The van der Waals surface area contributed by atoms with Crippen LogP contribution in [0.15, 0.2) is 72.9 Å². The summed E-state index contributed by atoms with van der Waals surface area (Å²) in [4.78, 5) is 31.0. The van der Waals surface area contributed by atoms with E-state index in [-0.39, 0.29) is 23.6 Å². The highest BCUT2D eigenvalue weighted by atomic mass is 19.4. The van der Waals surface area contributed by atoms with Gasteiger partial charge in [0.1, 0.15) is 5.82 Å². The molecule has 3 aromatic rings. The van der Waals surface area contributed by atoms with Crippen LogP contribution in [-0.4, -0.2) is 41.8 Å². The van der Waals surface area contributed by atoms with Crippen molar-refractivity contribution in [2.24, 2.45) is 5.92 Å². The summed E-state index contributed by atoms with van der Waals surface area (Å²) in [5.41, 5.74) is 7.73. The van der Waals surface area contributed by atoms with Crippen LogP contribution in [0.1, 0.15) is 22.6 Å². The molecule has 2 atom stereocenters. The Labute approximate surface area is 212 Å². The predicted octanol–water partition coefficient (Wildman–Crippen LogP) is 4.62. The largest absolute Gasteiger partial charge is 0.417 e. The third kappa shape index (κ3) is 6.53.